The molecule has 0 aliphatic heterocycles. The molecule has 0 aliphatic carbocycles. The second-order valence-electron chi connectivity index (χ2n) is 6.51. The largest absolute Gasteiger partial charge is 0.382 e. The summed E-state index contributed by atoms with van der Waals surface area (Å²) >= 11 is 5.18. The van der Waals surface area contributed by atoms with Gasteiger partial charge in [-0.25, -0.2) is 15.0 Å². The normalized spacial score (nSPS) is 11.6. The van der Waals surface area contributed by atoms with Gasteiger partial charge in [0, 0.05) is 22.0 Å². The zero-order valence-corrected chi connectivity index (χ0v) is 17.6. The van der Waals surface area contributed by atoms with Gasteiger partial charge in [0.15, 0.2) is 22.1 Å². The first kappa shape index (κ1) is 19.1. The Hall–Kier alpha value is -1.64. The zero-order chi connectivity index (χ0) is 18.7. The predicted molar refractivity (Wildman–Crippen MR) is 110 cm³/mol. The molecule has 1 aromatic carbocycles. The van der Waals surface area contributed by atoms with Crippen molar-refractivity contribution in [2.24, 2.45) is 0 Å². The van der Waals surface area contributed by atoms with Gasteiger partial charge in [-0.1, -0.05) is 41.5 Å². The van der Waals surface area contributed by atoms with Crippen molar-refractivity contribution in [3.63, 3.8) is 0 Å². The summed E-state index contributed by atoms with van der Waals surface area (Å²) in [5.41, 5.74) is 8.67. The lowest BCUT2D eigenvalue weighted by molar-refractivity contribution is 0.525. The number of benzene rings is 1. The summed E-state index contributed by atoms with van der Waals surface area (Å²) in [6.45, 7) is 8.15. The number of imidazole rings is 1. The second kappa shape index (κ2) is 8.37. The molecule has 0 aliphatic rings. The molecule has 3 rings (SSSR count). The average Bonchev–Trinajstić information content (AvgIpc) is 2.89. The zero-order valence-electron chi connectivity index (χ0n) is 15.2. The highest BCUT2D eigenvalue weighted by Crippen LogP contribution is 2.33. The first-order valence-corrected chi connectivity index (χ1v) is 10.2. The highest BCUT2D eigenvalue weighted by Gasteiger charge is 2.16. The van der Waals surface area contributed by atoms with Crippen LogP contribution in [0.15, 0.2) is 39.1 Å². The number of aryl methyl sites for hydroxylation is 2. The van der Waals surface area contributed by atoms with Crippen LogP contribution in [-0.2, 0) is 6.54 Å². The van der Waals surface area contributed by atoms with Crippen LogP contribution in [0.4, 0.5) is 5.82 Å². The minimum absolute atomic E-state index is 0.418. The number of nitrogen functional groups attached to an aromatic ring is 1. The summed E-state index contributed by atoms with van der Waals surface area (Å²) in [5, 5.41) is 4.33. The molecule has 3 aromatic rings. The standard InChI is InChI=1S/C18H23BrN6S/c1-11(2)21-5-4-6-25-17-15(16(20)22-10-23-17)24-18(25)26-14-8-12(3)7-13(19)9-14/h7-11,21H,4-6H2,1-3H3,(H2,20,22,23). The van der Waals surface area contributed by atoms with Gasteiger partial charge in [-0.15, -0.1) is 0 Å². The molecular weight excluding hydrogens is 412 g/mol. The Labute approximate surface area is 166 Å². The van der Waals surface area contributed by atoms with Crippen LogP contribution in [0.2, 0.25) is 0 Å². The highest BCUT2D eigenvalue weighted by molar-refractivity contribution is 9.10. The Kier molecular flexibility index (Phi) is 6.16. The van der Waals surface area contributed by atoms with E-state index in [-0.39, 0.29) is 0 Å². The molecule has 2 heterocycles. The maximum absolute atomic E-state index is 6.02. The first-order chi connectivity index (χ1) is 12.4. The van der Waals surface area contributed by atoms with Crippen molar-refractivity contribution in [3.05, 3.63) is 34.6 Å². The second-order valence-corrected chi connectivity index (χ2v) is 8.46. The molecule has 0 fully saturated rings. The van der Waals surface area contributed by atoms with Crippen molar-refractivity contribution < 1.29 is 0 Å². The maximum atomic E-state index is 6.02. The number of fused-ring (bicyclic) bond motifs is 1. The van der Waals surface area contributed by atoms with E-state index in [2.05, 4.69) is 74.8 Å². The van der Waals surface area contributed by atoms with Gasteiger partial charge in [-0.3, -0.25) is 0 Å². The van der Waals surface area contributed by atoms with Gasteiger partial charge in [0.1, 0.15) is 6.33 Å². The van der Waals surface area contributed by atoms with Crippen molar-refractivity contribution >= 4 is 44.7 Å². The highest BCUT2D eigenvalue weighted by atomic mass is 79.9. The molecule has 0 atom stereocenters. The van der Waals surface area contributed by atoms with E-state index in [4.69, 9.17) is 10.7 Å². The topological polar surface area (TPSA) is 81.7 Å². The molecule has 0 bridgehead atoms. The molecule has 0 spiro atoms. The number of halogens is 1. The monoisotopic (exact) mass is 434 g/mol. The van der Waals surface area contributed by atoms with E-state index in [1.165, 1.54) is 11.9 Å². The molecule has 26 heavy (non-hydrogen) atoms. The van der Waals surface area contributed by atoms with Gasteiger partial charge in [0.25, 0.3) is 0 Å². The quantitative estimate of drug-likeness (QED) is 0.546. The Morgan fingerprint density at radius 3 is 2.81 bits per heavy atom. The third kappa shape index (κ3) is 4.55. The van der Waals surface area contributed by atoms with Crippen LogP contribution >= 0.6 is 27.7 Å². The van der Waals surface area contributed by atoms with E-state index in [1.54, 1.807) is 11.8 Å². The van der Waals surface area contributed by atoms with Gasteiger partial charge >= 0.3 is 0 Å². The Morgan fingerprint density at radius 1 is 1.27 bits per heavy atom. The van der Waals surface area contributed by atoms with Crippen LogP contribution in [-0.4, -0.2) is 32.1 Å². The van der Waals surface area contributed by atoms with Crippen molar-refractivity contribution in [2.75, 3.05) is 12.3 Å². The van der Waals surface area contributed by atoms with Gasteiger partial charge in [0.05, 0.1) is 0 Å². The molecule has 6 nitrogen and oxygen atoms in total. The summed E-state index contributed by atoms with van der Waals surface area (Å²) in [6.07, 6.45) is 2.48. The summed E-state index contributed by atoms with van der Waals surface area (Å²) < 4.78 is 3.19. The fourth-order valence-electron chi connectivity index (χ4n) is 2.71. The number of aromatic nitrogens is 4. The van der Waals surface area contributed by atoms with Crippen LogP contribution in [0.5, 0.6) is 0 Å². The van der Waals surface area contributed by atoms with E-state index >= 15 is 0 Å². The van der Waals surface area contributed by atoms with Crippen LogP contribution < -0.4 is 11.1 Å². The predicted octanol–water partition coefficient (Wildman–Crippen LogP) is 4.02. The molecule has 2 aromatic heterocycles. The summed E-state index contributed by atoms with van der Waals surface area (Å²) in [7, 11) is 0. The fraction of sp³-hybridized carbons (Fsp3) is 0.389. The molecule has 138 valence electrons. The Morgan fingerprint density at radius 2 is 2.08 bits per heavy atom. The molecule has 3 N–H and O–H groups in total. The number of nitrogens with two attached hydrogens (primary N) is 1. The fourth-order valence-corrected chi connectivity index (χ4v) is 4.53. The smallest absolute Gasteiger partial charge is 0.175 e. The number of anilines is 1. The molecule has 0 amide bonds. The lowest BCUT2D eigenvalue weighted by atomic mass is 10.2. The lowest BCUT2D eigenvalue weighted by Gasteiger charge is -2.11. The minimum atomic E-state index is 0.418. The van der Waals surface area contributed by atoms with Gasteiger partial charge < -0.3 is 15.6 Å². The third-order valence-corrected chi connectivity index (χ3v) is 5.28. The van der Waals surface area contributed by atoms with Crippen molar-refractivity contribution in [1.29, 1.82) is 0 Å². The van der Waals surface area contributed by atoms with E-state index < -0.39 is 0 Å². The van der Waals surface area contributed by atoms with E-state index in [0.29, 0.717) is 17.4 Å². The number of rotatable bonds is 7. The Balaban J connectivity index is 1.92. The van der Waals surface area contributed by atoms with Crippen LogP contribution in [0.25, 0.3) is 11.2 Å². The van der Waals surface area contributed by atoms with Crippen LogP contribution in [0, 0.1) is 6.92 Å². The Bertz CT molecular complexity index is 888. The van der Waals surface area contributed by atoms with Crippen molar-refractivity contribution in [3.8, 4) is 0 Å². The average molecular weight is 435 g/mol. The molecule has 0 unspecified atom stereocenters. The number of hydrogen-bond donors (Lipinski definition) is 2. The summed E-state index contributed by atoms with van der Waals surface area (Å²) in [4.78, 5) is 14.3. The number of hydrogen-bond acceptors (Lipinski definition) is 6. The van der Waals surface area contributed by atoms with E-state index in [0.717, 1.165) is 39.7 Å². The molecule has 8 heteroatoms. The summed E-state index contributed by atoms with van der Waals surface area (Å²) in [5.74, 6) is 0.418. The third-order valence-electron chi connectivity index (χ3n) is 3.86. The van der Waals surface area contributed by atoms with E-state index in [1.807, 2.05) is 0 Å². The summed E-state index contributed by atoms with van der Waals surface area (Å²) in [6, 6.07) is 6.81. The molecule has 0 saturated carbocycles. The lowest BCUT2D eigenvalue weighted by Crippen LogP contribution is -2.24. The van der Waals surface area contributed by atoms with Gasteiger partial charge in [0.2, 0.25) is 0 Å². The minimum Gasteiger partial charge on any atom is -0.382 e. The molecular formula is C18H23BrN6S. The number of nitrogens with one attached hydrogen (secondary N) is 1. The maximum Gasteiger partial charge on any atom is 0.175 e. The van der Waals surface area contributed by atoms with Crippen molar-refractivity contribution in [2.45, 2.75) is 49.8 Å². The first-order valence-electron chi connectivity index (χ1n) is 8.59. The van der Waals surface area contributed by atoms with Crippen LogP contribution in [0.1, 0.15) is 25.8 Å². The molecule has 0 radical (unpaired) electrons. The SMILES string of the molecule is Cc1cc(Br)cc(Sc2nc3c(N)ncnc3n2CCCNC(C)C)c1. The molecule has 0 saturated heterocycles. The van der Waals surface area contributed by atoms with E-state index in [9.17, 15) is 0 Å². The van der Waals surface area contributed by atoms with Gasteiger partial charge in [-0.2, -0.15) is 0 Å². The number of nitrogens with zero attached hydrogens (tertiary/aromatic N) is 4. The van der Waals surface area contributed by atoms with Crippen LogP contribution in [0.3, 0.4) is 0 Å². The van der Waals surface area contributed by atoms with Crippen molar-refractivity contribution in [1.82, 2.24) is 24.8 Å². The van der Waals surface area contributed by atoms with Gasteiger partial charge in [-0.05, 0) is 43.7 Å².